The molecule has 2 nitrogen and oxygen atoms in total. The lowest BCUT2D eigenvalue weighted by Gasteiger charge is -2.14. The standard InChI is InChI=1S/C21H16ClNO/c1-14-7-10-20-19(11-14)18-12-16(22)8-9-17(18)21(24)23(20)13-15-5-3-2-4-6-15/h2-12H,13H2,1H3. The van der Waals surface area contributed by atoms with Gasteiger partial charge in [-0.3, -0.25) is 4.79 Å². The Morgan fingerprint density at radius 3 is 2.46 bits per heavy atom. The summed E-state index contributed by atoms with van der Waals surface area (Å²) in [4.78, 5) is 13.1. The summed E-state index contributed by atoms with van der Waals surface area (Å²) in [7, 11) is 0. The summed E-state index contributed by atoms with van der Waals surface area (Å²) >= 11 is 6.17. The number of nitrogens with zero attached hydrogens (tertiary/aromatic N) is 1. The van der Waals surface area contributed by atoms with E-state index in [9.17, 15) is 4.79 Å². The second-order valence-corrected chi connectivity index (χ2v) is 6.52. The van der Waals surface area contributed by atoms with Gasteiger partial charge in [-0.25, -0.2) is 0 Å². The summed E-state index contributed by atoms with van der Waals surface area (Å²) in [5.74, 6) is 0. The van der Waals surface area contributed by atoms with E-state index in [1.165, 1.54) is 0 Å². The highest BCUT2D eigenvalue weighted by atomic mass is 35.5. The molecule has 3 aromatic carbocycles. The van der Waals surface area contributed by atoms with E-state index in [0.717, 1.165) is 27.4 Å². The maximum atomic E-state index is 13.1. The molecule has 0 aliphatic carbocycles. The van der Waals surface area contributed by atoms with E-state index in [2.05, 4.69) is 13.0 Å². The van der Waals surface area contributed by atoms with E-state index in [1.807, 2.05) is 59.2 Å². The lowest BCUT2D eigenvalue weighted by molar-refractivity contribution is 0.802. The van der Waals surface area contributed by atoms with Crippen molar-refractivity contribution >= 4 is 33.3 Å². The molecule has 4 rings (SSSR count). The summed E-state index contributed by atoms with van der Waals surface area (Å²) in [6.07, 6.45) is 0. The van der Waals surface area contributed by atoms with Gasteiger partial charge >= 0.3 is 0 Å². The fourth-order valence-electron chi connectivity index (χ4n) is 3.20. The molecule has 0 spiro atoms. The first-order valence-electron chi connectivity index (χ1n) is 7.90. The van der Waals surface area contributed by atoms with Crippen LogP contribution in [0.1, 0.15) is 11.1 Å². The zero-order chi connectivity index (χ0) is 16.7. The second kappa shape index (κ2) is 5.81. The molecule has 1 heterocycles. The summed E-state index contributed by atoms with van der Waals surface area (Å²) in [5.41, 5.74) is 3.22. The summed E-state index contributed by atoms with van der Waals surface area (Å²) in [6, 6.07) is 21.7. The monoisotopic (exact) mass is 333 g/mol. The van der Waals surface area contributed by atoms with Crippen LogP contribution in [0.4, 0.5) is 0 Å². The number of fused-ring (bicyclic) bond motifs is 3. The van der Waals surface area contributed by atoms with Crippen molar-refractivity contribution in [2.24, 2.45) is 0 Å². The number of hydrogen-bond donors (Lipinski definition) is 0. The average Bonchev–Trinajstić information content (AvgIpc) is 2.59. The third-order valence-corrected chi connectivity index (χ3v) is 4.61. The lowest BCUT2D eigenvalue weighted by atomic mass is 10.0. The van der Waals surface area contributed by atoms with Gasteiger partial charge < -0.3 is 4.57 Å². The van der Waals surface area contributed by atoms with Crippen molar-refractivity contribution in [2.75, 3.05) is 0 Å². The van der Waals surface area contributed by atoms with E-state index in [4.69, 9.17) is 11.6 Å². The quantitative estimate of drug-likeness (QED) is 0.464. The van der Waals surface area contributed by atoms with E-state index < -0.39 is 0 Å². The Balaban J connectivity index is 2.10. The molecular formula is C21H16ClNO. The molecule has 118 valence electrons. The van der Waals surface area contributed by atoms with Crippen LogP contribution in [0.25, 0.3) is 21.7 Å². The molecular weight excluding hydrogens is 318 g/mol. The van der Waals surface area contributed by atoms with Gasteiger partial charge in [0.05, 0.1) is 12.1 Å². The maximum absolute atomic E-state index is 13.1. The number of benzene rings is 3. The topological polar surface area (TPSA) is 22.0 Å². The molecule has 24 heavy (non-hydrogen) atoms. The Bertz CT molecular complexity index is 1110. The second-order valence-electron chi connectivity index (χ2n) is 6.09. The SMILES string of the molecule is Cc1ccc2c(c1)c1cc(Cl)ccc1c(=O)n2Cc1ccccc1. The Labute approximate surface area is 144 Å². The minimum atomic E-state index is 0.0156. The fourth-order valence-corrected chi connectivity index (χ4v) is 3.38. The normalized spacial score (nSPS) is 11.2. The smallest absolute Gasteiger partial charge is 0.259 e. The summed E-state index contributed by atoms with van der Waals surface area (Å²) < 4.78 is 1.85. The molecule has 0 fully saturated rings. The predicted molar refractivity (Wildman–Crippen MR) is 101 cm³/mol. The highest BCUT2D eigenvalue weighted by Gasteiger charge is 2.11. The van der Waals surface area contributed by atoms with Crippen LogP contribution in [-0.2, 0) is 6.54 Å². The molecule has 0 aliphatic rings. The molecule has 0 bridgehead atoms. The van der Waals surface area contributed by atoms with Crippen molar-refractivity contribution in [2.45, 2.75) is 13.5 Å². The molecule has 0 amide bonds. The predicted octanol–water partition coefficient (Wildman–Crippen LogP) is 5.16. The van der Waals surface area contributed by atoms with E-state index in [0.29, 0.717) is 17.0 Å². The van der Waals surface area contributed by atoms with Crippen LogP contribution in [0.15, 0.2) is 71.5 Å². The van der Waals surface area contributed by atoms with Gasteiger partial charge in [-0.05, 0) is 48.2 Å². The van der Waals surface area contributed by atoms with Crippen LogP contribution < -0.4 is 5.56 Å². The minimum absolute atomic E-state index is 0.0156. The molecule has 0 saturated carbocycles. The minimum Gasteiger partial charge on any atom is -0.303 e. The lowest BCUT2D eigenvalue weighted by Crippen LogP contribution is -2.21. The van der Waals surface area contributed by atoms with Gasteiger partial charge in [0, 0.05) is 15.8 Å². The fraction of sp³-hybridized carbons (Fsp3) is 0.0952. The molecule has 0 aliphatic heterocycles. The molecule has 0 atom stereocenters. The zero-order valence-electron chi connectivity index (χ0n) is 13.3. The molecule has 1 aromatic heterocycles. The molecule has 3 heteroatoms. The average molecular weight is 334 g/mol. The van der Waals surface area contributed by atoms with Gasteiger partial charge in [0.15, 0.2) is 0 Å². The number of aromatic nitrogens is 1. The molecule has 0 unspecified atom stereocenters. The van der Waals surface area contributed by atoms with Crippen molar-refractivity contribution in [3.63, 3.8) is 0 Å². The molecule has 0 N–H and O–H groups in total. The Hall–Kier alpha value is -2.58. The first-order chi connectivity index (χ1) is 11.6. The zero-order valence-corrected chi connectivity index (χ0v) is 14.0. The van der Waals surface area contributed by atoms with E-state index in [-0.39, 0.29) is 5.56 Å². The number of rotatable bonds is 2. The van der Waals surface area contributed by atoms with Crippen molar-refractivity contribution in [1.82, 2.24) is 4.57 Å². The van der Waals surface area contributed by atoms with E-state index in [1.54, 1.807) is 6.07 Å². The Morgan fingerprint density at radius 1 is 0.875 bits per heavy atom. The highest BCUT2D eigenvalue weighted by molar-refractivity contribution is 6.31. The van der Waals surface area contributed by atoms with Crippen LogP contribution in [-0.4, -0.2) is 4.57 Å². The third kappa shape index (κ3) is 2.49. The van der Waals surface area contributed by atoms with Crippen LogP contribution in [0, 0.1) is 6.92 Å². The number of halogens is 1. The van der Waals surface area contributed by atoms with Crippen LogP contribution in [0.2, 0.25) is 5.02 Å². The van der Waals surface area contributed by atoms with Crippen LogP contribution >= 0.6 is 11.6 Å². The van der Waals surface area contributed by atoms with Gasteiger partial charge in [0.1, 0.15) is 0 Å². The first kappa shape index (κ1) is 15.0. The number of aryl methyl sites for hydroxylation is 1. The van der Waals surface area contributed by atoms with Crippen LogP contribution in [0.5, 0.6) is 0 Å². The molecule has 4 aromatic rings. The number of pyridine rings is 1. The summed E-state index contributed by atoms with van der Waals surface area (Å²) in [6.45, 7) is 2.61. The van der Waals surface area contributed by atoms with Crippen LogP contribution in [0.3, 0.4) is 0 Å². The first-order valence-corrected chi connectivity index (χ1v) is 8.27. The summed E-state index contributed by atoms with van der Waals surface area (Å²) in [5, 5.41) is 3.32. The molecule has 0 saturated heterocycles. The largest absolute Gasteiger partial charge is 0.303 e. The number of hydrogen-bond acceptors (Lipinski definition) is 1. The maximum Gasteiger partial charge on any atom is 0.259 e. The van der Waals surface area contributed by atoms with Crippen molar-refractivity contribution in [3.8, 4) is 0 Å². The van der Waals surface area contributed by atoms with Gasteiger partial charge in [-0.1, -0.05) is 53.6 Å². The third-order valence-electron chi connectivity index (χ3n) is 4.37. The highest BCUT2D eigenvalue weighted by Crippen LogP contribution is 2.27. The van der Waals surface area contributed by atoms with Crippen molar-refractivity contribution in [1.29, 1.82) is 0 Å². The molecule has 0 radical (unpaired) electrons. The van der Waals surface area contributed by atoms with Crippen molar-refractivity contribution in [3.05, 3.63) is 93.2 Å². The van der Waals surface area contributed by atoms with Gasteiger partial charge in [-0.2, -0.15) is 0 Å². The Kier molecular flexibility index (Phi) is 3.62. The van der Waals surface area contributed by atoms with E-state index >= 15 is 0 Å². The van der Waals surface area contributed by atoms with Gasteiger partial charge in [0.25, 0.3) is 5.56 Å². The Morgan fingerprint density at radius 2 is 1.67 bits per heavy atom. The van der Waals surface area contributed by atoms with Gasteiger partial charge in [-0.15, -0.1) is 0 Å². The van der Waals surface area contributed by atoms with Gasteiger partial charge in [0.2, 0.25) is 0 Å². The van der Waals surface area contributed by atoms with Crippen molar-refractivity contribution < 1.29 is 0 Å².